The summed E-state index contributed by atoms with van der Waals surface area (Å²) in [5, 5.41) is 7.47. The first-order chi connectivity index (χ1) is 14.3. The zero-order valence-electron chi connectivity index (χ0n) is 19.2. The van der Waals surface area contributed by atoms with Crippen LogP contribution in [0, 0.1) is 5.92 Å². The number of hydrogen-bond donors (Lipinski definition) is 2. The van der Waals surface area contributed by atoms with Crippen LogP contribution in [-0.2, 0) is 9.53 Å². The van der Waals surface area contributed by atoms with Gasteiger partial charge in [0.25, 0.3) is 0 Å². The lowest BCUT2D eigenvalue weighted by molar-refractivity contribution is -0.154. The Labute approximate surface area is 182 Å². The van der Waals surface area contributed by atoms with Crippen molar-refractivity contribution in [3.8, 4) is 0 Å². The third-order valence-electron chi connectivity index (χ3n) is 6.19. The minimum Gasteiger partial charge on any atom is -0.460 e. The maximum Gasteiger partial charge on any atom is 0.307 e. The van der Waals surface area contributed by atoms with E-state index in [9.17, 15) is 4.79 Å². The van der Waals surface area contributed by atoms with Gasteiger partial charge in [0.15, 0.2) is 0 Å². The Kier molecular flexibility index (Phi) is 8.13. The zero-order chi connectivity index (χ0) is 21.6. The van der Waals surface area contributed by atoms with Crippen LogP contribution in [0.4, 0.5) is 0 Å². The van der Waals surface area contributed by atoms with Crippen LogP contribution in [0.5, 0.6) is 0 Å². The molecular weight excluding hydrogens is 372 g/mol. The Morgan fingerprint density at radius 1 is 1.10 bits per heavy atom. The van der Waals surface area contributed by atoms with Crippen LogP contribution in [0.25, 0.3) is 6.08 Å². The summed E-state index contributed by atoms with van der Waals surface area (Å²) < 4.78 is 5.38. The molecule has 0 bridgehead atoms. The number of benzene rings is 1. The molecule has 0 unspecified atom stereocenters. The molecule has 3 rings (SSSR count). The lowest BCUT2D eigenvalue weighted by Crippen LogP contribution is -2.41. The molecule has 0 aliphatic heterocycles. The molecule has 2 aliphatic carbocycles. The highest BCUT2D eigenvalue weighted by molar-refractivity contribution is 5.70. The molecule has 4 heteroatoms. The minimum absolute atomic E-state index is 0.111. The van der Waals surface area contributed by atoms with Gasteiger partial charge in [-0.15, -0.1) is 0 Å². The van der Waals surface area contributed by atoms with Crippen molar-refractivity contribution in [2.24, 2.45) is 5.92 Å². The molecule has 2 aliphatic rings. The summed E-state index contributed by atoms with van der Waals surface area (Å²) in [6.45, 7) is 8.73. The lowest BCUT2D eigenvalue weighted by Gasteiger charge is -2.30. The molecule has 2 N–H and O–H groups in total. The molecule has 0 heterocycles. The van der Waals surface area contributed by atoms with Gasteiger partial charge in [0.05, 0.1) is 6.42 Å². The predicted molar refractivity (Wildman–Crippen MR) is 124 cm³/mol. The number of esters is 1. The average molecular weight is 413 g/mol. The molecule has 1 aromatic carbocycles. The van der Waals surface area contributed by atoms with E-state index in [2.05, 4.69) is 54.0 Å². The molecular formula is C26H40N2O2. The summed E-state index contributed by atoms with van der Waals surface area (Å²) in [4.78, 5) is 11.8. The molecule has 0 aromatic heterocycles. The number of rotatable bonds is 9. The second-order valence-electron chi connectivity index (χ2n) is 9.94. The monoisotopic (exact) mass is 412 g/mol. The van der Waals surface area contributed by atoms with Gasteiger partial charge in [-0.2, -0.15) is 0 Å². The second kappa shape index (κ2) is 10.6. The van der Waals surface area contributed by atoms with Gasteiger partial charge >= 0.3 is 5.97 Å². The number of hydrogen-bond acceptors (Lipinski definition) is 4. The number of carbonyl (C=O) groups excluding carboxylic acids is 1. The van der Waals surface area contributed by atoms with E-state index >= 15 is 0 Å². The topological polar surface area (TPSA) is 50.4 Å². The Morgan fingerprint density at radius 2 is 1.77 bits per heavy atom. The highest BCUT2D eigenvalue weighted by atomic mass is 16.6. The fourth-order valence-electron chi connectivity index (χ4n) is 4.56. The van der Waals surface area contributed by atoms with E-state index in [0.29, 0.717) is 37.0 Å². The maximum atomic E-state index is 11.8. The van der Waals surface area contributed by atoms with Crippen molar-refractivity contribution in [2.75, 3.05) is 6.54 Å². The van der Waals surface area contributed by atoms with Crippen LogP contribution in [0.1, 0.15) is 78.2 Å². The van der Waals surface area contributed by atoms with E-state index in [0.717, 1.165) is 6.42 Å². The molecule has 2 fully saturated rings. The van der Waals surface area contributed by atoms with Crippen molar-refractivity contribution in [3.05, 3.63) is 41.5 Å². The average Bonchev–Trinajstić information content (AvgIpc) is 3.46. The van der Waals surface area contributed by atoms with Gasteiger partial charge in [-0.3, -0.25) is 4.79 Å². The standard InChI is InChI=1S/C26H40N2O2/c1-5-20(17-19-9-7-6-8-10-19)23-18-24(23)28-22-13-11-21(12-14-22)27-16-15-25(29)30-26(2,3)4/h6-10,17,21-24,27-28H,5,11-16,18H2,1-4H3/b20-17+/t21-,22-,23-,24+/m0/s1. The molecule has 2 saturated carbocycles. The first-order valence-corrected chi connectivity index (χ1v) is 11.8. The van der Waals surface area contributed by atoms with E-state index in [1.807, 2.05) is 20.8 Å². The Bertz CT molecular complexity index is 699. The van der Waals surface area contributed by atoms with Crippen LogP contribution >= 0.6 is 0 Å². The SMILES string of the molecule is CC/C(=C\c1ccccc1)[C@@H]1C[C@H]1N[C@H]1CC[C@H](NCCC(=O)OC(C)(C)C)CC1. The fourth-order valence-corrected chi connectivity index (χ4v) is 4.56. The molecule has 1 aromatic rings. The fraction of sp³-hybridized carbons (Fsp3) is 0.654. The van der Waals surface area contributed by atoms with Crippen molar-refractivity contribution < 1.29 is 9.53 Å². The molecule has 30 heavy (non-hydrogen) atoms. The van der Waals surface area contributed by atoms with Crippen molar-refractivity contribution in [1.29, 1.82) is 0 Å². The smallest absolute Gasteiger partial charge is 0.307 e. The summed E-state index contributed by atoms with van der Waals surface area (Å²) in [7, 11) is 0. The van der Waals surface area contributed by atoms with Crippen molar-refractivity contribution in [1.82, 2.24) is 10.6 Å². The molecule has 0 spiro atoms. The predicted octanol–water partition coefficient (Wildman–Crippen LogP) is 5.09. The minimum atomic E-state index is -0.393. The van der Waals surface area contributed by atoms with Gasteiger partial charge in [0.2, 0.25) is 0 Å². The Morgan fingerprint density at radius 3 is 2.40 bits per heavy atom. The number of nitrogens with one attached hydrogen (secondary N) is 2. The van der Waals surface area contributed by atoms with E-state index in [-0.39, 0.29) is 5.97 Å². The lowest BCUT2D eigenvalue weighted by atomic mass is 9.91. The summed E-state index contributed by atoms with van der Waals surface area (Å²) >= 11 is 0. The van der Waals surface area contributed by atoms with Gasteiger partial charge in [-0.1, -0.05) is 48.9 Å². The summed E-state index contributed by atoms with van der Waals surface area (Å²) in [6.07, 6.45) is 10.1. The van der Waals surface area contributed by atoms with E-state index < -0.39 is 5.60 Å². The van der Waals surface area contributed by atoms with Gasteiger partial charge in [-0.05, 0) is 70.8 Å². The van der Waals surface area contributed by atoms with Crippen LogP contribution in [-0.4, -0.2) is 36.2 Å². The van der Waals surface area contributed by atoms with Crippen LogP contribution in [0.3, 0.4) is 0 Å². The second-order valence-corrected chi connectivity index (χ2v) is 9.94. The van der Waals surface area contributed by atoms with E-state index in [1.165, 1.54) is 37.7 Å². The Hall–Kier alpha value is -1.65. The first-order valence-electron chi connectivity index (χ1n) is 11.8. The largest absolute Gasteiger partial charge is 0.460 e. The zero-order valence-corrected chi connectivity index (χ0v) is 19.2. The molecule has 0 saturated heterocycles. The molecule has 4 nitrogen and oxygen atoms in total. The Balaban J connectivity index is 1.34. The molecule has 166 valence electrons. The first kappa shape index (κ1) is 23.0. The van der Waals surface area contributed by atoms with Crippen molar-refractivity contribution in [3.63, 3.8) is 0 Å². The third-order valence-corrected chi connectivity index (χ3v) is 6.19. The number of ether oxygens (including phenoxy) is 1. The maximum absolute atomic E-state index is 11.8. The van der Waals surface area contributed by atoms with Crippen LogP contribution in [0.15, 0.2) is 35.9 Å². The summed E-state index contributed by atoms with van der Waals surface area (Å²) in [5.74, 6) is 0.597. The third kappa shape index (κ3) is 7.55. The van der Waals surface area contributed by atoms with E-state index in [1.54, 1.807) is 5.57 Å². The number of carbonyl (C=O) groups is 1. The molecule has 2 atom stereocenters. The normalized spacial score (nSPS) is 27.0. The van der Waals surface area contributed by atoms with Gasteiger partial charge in [0.1, 0.15) is 5.60 Å². The van der Waals surface area contributed by atoms with E-state index in [4.69, 9.17) is 4.74 Å². The summed E-state index contributed by atoms with van der Waals surface area (Å²) in [5.41, 5.74) is 2.50. The van der Waals surface area contributed by atoms with Gasteiger partial charge in [0, 0.05) is 24.7 Å². The van der Waals surface area contributed by atoms with Crippen LogP contribution < -0.4 is 10.6 Å². The highest BCUT2D eigenvalue weighted by Crippen LogP contribution is 2.40. The van der Waals surface area contributed by atoms with Gasteiger partial charge < -0.3 is 15.4 Å². The van der Waals surface area contributed by atoms with Gasteiger partial charge in [-0.25, -0.2) is 0 Å². The quantitative estimate of drug-likeness (QED) is 0.555. The molecule has 0 radical (unpaired) electrons. The highest BCUT2D eigenvalue weighted by Gasteiger charge is 2.40. The van der Waals surface area contributed by atoms with Crippen molar-refractivity contribution >= 4 is 12.0 Å². The molecule has 0 amide bonds. The summed E-state index contributed by atoms with van der Waals surface area (Å²) in [6, 6.07) is 12.5. The van der Waals surface area contributed by atoms with Crippen molar-refractivity contribution in [2.45, 2.75) is 96.4 Å². The van der Waals surface area contributed by atoms with Crippen LogP contribution in [0.2, 0.25) is 0 Å².